The fourth-order valence-corrected chi connectivity index (χ4v) is 2.78. The van der Waals surface area contributed by atoms with Crippen LogP contribution in [0.1, 0.15) is 24.2 Å². The zero-order chi connectivity index (χ0) is 19.2. The van der Waals surface area contributed by atoms with Gasteiger partial charge in [0.2, 0.25) is 5.95 Å². The molecule has 0 saturated carbocycles. The normalized spacial score (nSPS) is 11.6. The van der Waals surface area contributed by atoms with E-state index in [0.29, 0.717) is 23.3 Å². The van der Waals surface area contributed by atoms with E-state index < -0.39 is 0 Å². The van der Waals surface area contributed by atoms with Gasteiger partial charge >= 0.3 is 0 Å². The molecule has 140 valence electrons. The number of nitrogens with one attached hydrogen (secondary N) is 2. The second kappa shape index (κ2) is 8.40. The Morgan fingerprint density at radius 1 is 0.889 bits per heavy atom. The molecule has 0 fully saturated rings. The molecule has 0 aliphatic rings. The second-order valence-electron chi connectivity index (χ2n) is 6.19. The number of methoxy groups -OCH3 is 2. The van der Waals surface area contributed by atoms with Gasteiger partial charge in [-0.3, -0.25) is 0 Å². The van der Waals surface area contributed by atoms with Gasteiger partial charge in [0.05, 0.1) is 20.3 Å². The first-order chi connectivity index (χ1) is 13.1. The Balaban J connectivity index is 1.79. The summed E-state index contributed by atoms with van der Waals surface area (Å²) in [6.45, 7) is 4.03. The van der Waals surface area contributed by atoms with E-state index in [9.17, 15) is 0 Å². The van der Waals surface area contributed by atoms with Crippen LogP contribution in [0.2, 0.25) is 0 Å². The number of aromatic nitrogens is 2. The zero-order valence-electron chi connectivity index (χ0n) is 16.0. The van der Waals surface area contributed by atoms with Gasteiger partial charge in [-0.1, -0.05) is 30.3 Å². The van der Waals surface area contributed by atoms with Crippen molar-refractivity contribution in [2.45, 2.75) is 19.9 Å². The highest BCUT2D eigenvalue weighted by Crippen LogP contribution is 2.31. The van der Waals surface area contributed by atoms with Gasteiger partial charge in [0.15, 0.2) is 11.5 Å². The summed E-state index contributed by atoms with van der Waals surface area (Å²) in [5.41, 5.74) is 2.90. The van der Waals surface area contributed by atoms with Crippen LogP contribution in [0.4, 0.5) is 17.5 Å². The Morgan fingerprint density at radius 2 is 1.63 bits per heavy atom. The molecule has 6 heteroatoms. The molecule has 2 N–H and O–H groups in total. The topological polar surface area (TPSA) is 68.3 Å². The predicted molar refractivity (Wildman–Crippen MR) is 108 cm³/mol. The molecule has 0 aliphatic heterocycles. The van der Waals surface area contributed by atoms with Gasteiger partial charge in [-0.15, -0.1) is 0 Å². The first-order valence-electron chi connectivity index (χ1n) is 8.75. The van der Waals surface area contributed by atoms with Crippen LogP contribution in [0.25, 0.3) is 0 Å². The first-order valence-corrected chi connectivity index (χ1v) is 8.75. The largest absolute Gasteiger partial charge is 0.493 e. The minimum Gasteiger partial charge on any atom is -0.493 e. The van der Waals surface area contributed by atoms with E-state index in [1.54, 1.807) is 14.2 Å². The molecule has 1 aromatic heterocycles. The van der Waals surface area contributed by atoms with Crippen LogP contribution < -0.4 is 20.1 Å². The smallest absolute Gasteiger partial charge is 0.225 e. The lowest BCUT2D eigenvalue weighted by Crippen LogP contribution is -2.10. The zero-order valence-corrected chi connectivity index (χ0v) is 16.0. The molecule has 0 aliphatic carbocycles. The Bertz CT molecular complexity index is 900. The summed E-state index contributed by atoms with van der Waals surface area (Å²) in [5, 5.41) is 6.66. The molecule has 1 heterocycles. The van der Waals surface area contributed by atoms with Crippen molar-refractivity contribution in [1.82, 2.24) is 9.97 Å². The van der Waals surface area contributed by atoms with E-state index in [2.05, 4.69) is 39.7 Å². The molecular formula is C21H24N4O2. The molecule has 3 rings (SSSR count). The van der Waals surface area contributed by atoms with E-state index in [4.69, 9.17) is 9.47 Å². The fraction of sp³-hybridized carbons (Fsp3) is 0.238. The van der Waals surface area contributed by atoms with Gasteiger partial charge < -0.3 is 20.1 Å². The maximum atomic E-state index is 5.35. The van der Waals surface area contributed by atoms with Gasteiger partial charge in [0, 0.05) is 23.5 Å². The van der Waals surface area contributed by atoms with Crippen LogP contribution in [0.15, 0.2) is 54.6 Å². The van der Waals surface area contributed by atoms with Crippen molar-refractivity contribution in [2.24, 2.45) is 0 Å². The lowest BCUT2D eigenvalue weighted by Gasteiger charge is -2.16. The summed E-state index contributed by atoms with van der Waals surface area (Å²) in [4.78, 5) is 9.08. The lowest BCUT2D eigenvalue weighted by atomic mass is 10.1. The molecule has 0 radical (unpaired) electrons. The van der Waals surface area contributed by atoms with E-state index in [-0.39, 0.29) is 6.04 Å². The minimum absolute atomic E-state index is 0.0990. The van der Waals surface area contributed by atoms with Crippen molar-refractivity contribution in [3.05, 3.63) is 65.9 Å². The molecule has 27 heavy (non-hydrogen) atoms. The average Bonchev–Trinajstić information content (AvgIpc) is 2.68. The number of benzene rings is 2. The van der Waals surface area contributed by atoms with Gasteiger partial charge in [-0.2, -0.15) is 4.98 Å². The van der Waals surface area contributed by atoms with E-state index in [0.717, 1.165) is 11.4 Å². The Labute approximate surface area is 159 Å². The molecule has 1 unspecified atom stereocenters. The maximum absolute atomic E-state index is 5.35. The van der Waals surface area contributed by atoms with Crippen LogP contribution in [-0.2, 0) is 0 Å². The molecule has 0 bridgehead atoms. The van der Waals surface area contributed by atoms with E-state index >= 15 is 0 Å². The van der Waals surface area contributed by atoms with Crippen molar-refractivity contribution >= 4 is 17.5 Å². The SMILES string of the molecule is COc1ccc(Nc2cc(C)nc(NC(C)c3ccccc3)n2)cc1OC. The van der Waals surface area contributed by atoms with Crippen molar-refractivity contribution in [3.8, 4) is 11.5 Å². The van der Waals surface area contributed by atoms with Gasteiger partial charge in [0.25, 0.3) is 0 Å². The average molecular weight is 364 g/mol. The van der Waals surface area contributed by atoms with Crippen LogP contribution in [-0.4, -0.2) is 24.2 Å². The molecule has 1 atom stereocenters. The second-order valence-corrected chi connectivity index (χ2v) is 6.19. The van der Waals surface area contributed by atoms with Gasteiger partial charge in [-0.05, 0) is 31.5 Å². The monoisotopic (exact) mass is 364 g/mol. The number of nitrogens with zero attached hydrogens (tertiary/aromatic N) is 2. The molecule has 3 aromatic rings. The summed E-state index contributed by atoms with van der Waals surface area (Å²) in [6, 6.07) is 17.8. The highest BCUT2D eigenvalue weighted by Gasteiger charge is 2.10. The van der Waals surface area contributed by atoms with Crippen LogP contribution in [0, 0.1) is 6.92 Å². The van der Waals surface area contributed by atoms with Crippen LogP contribution in [0.5, 0.6) is 11.5 Å². The van der Waals surface area contributed by atoms with Crippen molar-refractivity contribution < 1.29 is 9.47 Å². The number of aryl methyl sites for hydroxylation is 1. The lowest BCUT2D eigenvalue weighted by molar-refractivity contribution is 0.355. The summed E-state index contributed by atoms with van der Waals surface area (Å²) >= 11 is 0. The van der Waals surface area contributed by atoms with Crippen molar-refractivity contribution in [1.29, 1.82) is 0 Å². The Hall–Kier alpha value is -3.28. The third kappa shape index (κ3) is 4.67. The summed E-state index contributed by atoms with van der Waals surface area (Å²) in [5.74, 6) is 2.62. The van der Waals surface area contributed by atoms with Gasteiger partial charge in [0.1, 0.15) is 5.82 Å². The number of hydrogen-bond acceptors (Lipinski definition) is 6. The quantitative estimate of drug-likeness (QED) is 0.632. The van der Waals surface area contributed by atoms with Gasteiger partial charge in [-0.25, -0.2) is 4.98 Å². The highest BCUT2D eigenvalue weighted by atomic mass is 16.5. The van der Waals surface area contributed by atoms with Crippen molar-refractivity contribution in [2.75, 3.05) is 24.9 Å². The molecule has 6 nitrogen and oxygen atoms in total. The highest BCUT2D eigenvalue weighted by molar-refractivity contribution is 5.62. The summed E-state index contributed by atoms with van der Waals surface area (Å²) < 4.78 is 10.6. The minimum atomic E-state index is 0.0990. The number of hydrogen-bond donors (Lipinski definition) is 2. The summed E-state index contributed by atoms with van der Waals surface area (Å²) in [6.07, 6.45) is 0. The third-order valence-electron chi connectivity index (χ3n) is 4.16. The maximum Gasteiger partial charge on any atom is 0.225 e. The standard InChI is InChI=1S/C21H24N4O2/c1-14-12-20(24-17-10-11-18(26-3)19(13-17)27-4)25-21(22-14)23-15(2)16-8-6-5-7-9-16/h5-13,15H,1-4H3,(H2,22,23,24,25). The molecule has 0 saturated heterocycles. The summed E-state index contributed by atoms with van der Waals surface area (Å²) in [7, 11) is 3.23. The Morgan fingerprint density at radius 3 is 2.33 bits per heavy atom. The predicted octanol–water partition coefficient (Wildman–Crippen LogP) is 4.72. The fourth-order valence-electron chi connectivity index (χ4n) is 2.78. The number of ether oxygens (including phenoxy) is 2. The number of anilines is 3. The van der Waals surface area contributed by atoms with E-state index in [1.165, 1.54) is 5.56 Å². The van der Waals surface area contributed by atoms with E-state index in [1.807, 2.05) is 49.4 Å². The van der Waals surface area contributed by atoms with Crippen LogP contribution in [0.3, 0.4) is 0 Å². The molecule has 0 amide bonds. The van der Waals surface area contributed by atoms with Crippen molar-refractivity contribution in [3.63, 3.8) is 0 Å². The number of rotatable bonds is 7. The molecule has 2 aromatic carbocycles. The molecule has 0 spiro atoms. The Kier molecular flexibility index (Phi) is 5.76. The van der Waals surface area contributed by atoms with Crippen LogP contribution >= 0.6 is 0 Å². The third-order valence-corrected chi connectivity index (χ3v) is 4.16. The molecular weight excluding hydrogens is 340 g/mol. The first kappa shape index (κ1) is 18.5.